The first kappa shape index (κ1) is 8.48. The van der Waals surface area contributed by atoms with Crippen molar-refractivity contribution >= 4 is 11.6 Å². The lowest BCUT2D eigenvalue weighted by Gasteiger charge is -2.02. The van der Waals surface area contributed by atoms with Gasteiger partial charge in [-0.2, -0.15) is 0 Å². The van der Waals surface area contributed by atoms with Crippen LogP contribution in [0, 0.1) is 5.82 Å². The summed E-state index contributed by atoms with van der Waals surface area (Å²) in [4.78, 5) is 10.8. The zero-order chi connectivity index (χ0) is 9.14. The molecule has 0 spiro atoms. The van der Waals surface area contributed by atoms with Gasteiger partial charge in [0, 0.05) is 5.69 Å². The van der Waals surface area contributed by atoms with Crippen LogP contribution in [-0.4, -0.2) is 11.1 Å². The SMILES string of the molecule is Nc1ccc(F)cc1C(=O)NO. The van der Waals surface area contributed by atoms with Gasteiger partial charge >= 0.3 is 0 Å². The molecule has 5 heteroatoms. The molecule has 0 saturated carbocycles. The van der Waals surface area contributed by atoms with E-state index >= 15 is 0 Å². The Morgan fingerprint density at radius 2 is 2.25 bits per heavy atom. The first-order valence-electron chi connectivity index (χ1n) is 3.14. The minimum Gasteiger partial charge on any atom is -0.398 e. The van der Waals surface area contributed by atoms with Crippen molar-refractivity contribution in [3.8, 4) is 0 Å². The maximum atomic E-state index is 12.5. The molecule has 0 saturated heterocycles. The summed E-state index contributed by atoms with van der Waals surface area (Å²) in [5, 5.41) is 8.23. The van der Waals surface area contributed by atoms with Crippen LogP contribution < -0.4 is 11.2 Å². The van der Waals surface area contributed by atoms with E-state index in [9.17, 15) is 9.18 Å². The van der Waals surface area contributed by atoms with E-state index in [2.05, 4.69) is 0 Å². The molecule has 64 valence electrons. The fourth-order valence-corrected chi connectivity index (χ4v) is 0.785. The fraction of sp³-hybridized carbons (Fsp3) is 0. The van der Waals surface area contributed by atoms with Crippen molar-refractivity contribution in [2.45, 2.75) is 0 Å². The van der Waals surface area contributed by atoms with Crippen molar-refractivity contribution in [3.05, 3.63) is 29.6 Å². The van der Waals surface area contributed by atoms with Gasteiger partial charge in [0.2, 0.25) is 0 Å². The molecule has 4 nitrogen and oxygen atoms in total. The number of nitrogens with one attached hydrogen (secondary N) is 1. The summed E-state index contributed by atoms with van der Waals surface area (Å²) in [5.74, 6) is -1.41. The Labute approximate surface area is 67.8 Å². The Morgan fingerprint density at radius 1 is 1.58 bits per heavy atom. The van der Waals surface area contributed by atoms with Gasteiger partial charge in [-0.3, -0.25) is 10.0 Å². The quantitative estimate of drug-likeness (QED) is 0.327. The zero-order valence-electron chi connectivity index (χ0n) is 6.04. The molecule has 0 aliphatic rings. The maximum Gasteiger partial charge on any atom is 0.276 e. The minimum atomic E-state index is -0.827. The summed E-state index contributed by atoms with van der Waals surface area (Å²) < 4.78 is 12.5. The van der Waals surface area contributed by atoms with Gasteiger partial charge in [-0.25, -0.2) is 9.87 Å². The second kappa shape index (κ2) is 3.19. The maximum absolute atomic E-state index is 12.5. The van der Waals surface area contributed by atoms with Crippen LogP contribution in [0.3, 0.4) is 0 Å². The van der Waals surface area contributed by atoms with Crippen LogP contribution in [0.4, 0.5) is 10.1 Å². The molecule has 1 amide bonds. The highest BCUT2D eigenvalue weighted by atomic mass is 19.1. The average Bonchev–Trinajstić information content (AvgIpc) is 2.08. The van der Waals surface area contributed by atoms with Gasteiger partial charge in [0.15, 0.2) is 0 Å². The van der Waals surface area contributed by atoms with E-state index in [0.29, 0.717) is 0 Å². The molecule has 1 aromatic rings. The summed E-state index contributed by atoms with van der Waals surface area (Å²) in [7, 11) is 0. The molecule has 0 fully saturated rings. The number of benzene rings is 1. The average molecular weight is 170 g/mol. The molecular formula is C7H7FN2O2. The summed E-state index contributed by atoms with van der Waals surface area (Å²) in [6.45, 7) is 0. The van der Waals surface area contributed by atoms with Crippen molar-refractivity contribution in [3.63, 3.8) is 0 Å². The number of carbonyl (C=O) groups is 1. The third kappa shape index (κ3) is 1.51. The summed E-state index contributed by atoms with van der Waals surface area (Å²) in [5.41, 5.74) is 6.72. The zero-order valence-corrected chi connectivity index (χ0v) is 6.04. The predicted octanol–water partition coefficient (Wildman–Crippen LogP) is 0.527. The summed E-state index contributed by atoms with van der Waals surface area (Å²) >= 11 is 0. The van der Waals surface area contributed by atoms with E-state index < -0.39 is 11.7 Å². The Hall–Kier alpha value is -1.62. The molecule has 0 aliphatic carbocycles. The number of hydrogen-bond acceptors (Lipinski definition) is 3. The third-order valence-corrected chi connectivity index (χ3v) is 1.36. The van der Waals surface area contributed by atoms with Gasteiger partial charge in [-0.1, -0.05) is 0 Å². The first-order valence-corrected chi connectivity index (χ1v) is 3.14. The molecule has 0 unspecified atom stereocenters. The van der Waals surface area contributed by atoms with Crippen LogP contribution >= 0.6 is 0 Å². The molecule has 0 atom stereocenters. The van der Waals surface area contributed by atoms with Gasteiger partial charge in [-0.15, -0.1) is 0 Å². The van der Waals surface area contributed by atoms with Crippen LogP contribution in [0.1, 0.15) is 10.4 Å². The Morgan fingerprint density at radius 3 is 2.83 bits per heavy atom. The summed E-state index contributed by atoms with van der Waals surface area (Å²) in [6, 6.07) is 3.32. The van der Waals surface area contributed by atoms with Gasteiger partial charge < -0.3 is 5.73 Å². The minimum absolute atomic E-state index is 0.0856. The lowest BCUT2D eigenvalue weighted by atomic mass is 10.1. The lowest BCUT2D eigenvalue weighted by molar-refractivity contribution is 0.0707. The lowest BCUT2D eigenvalue weighted by Crippen LogP contribution is -2.20. The first-order chi connectivity index (χ1) is 5.65. The highest BCUT2D eigenvalue weighted by molar-refractivity contribution is 5.98. The molecule has 0 heterocycles. The predicted molar refractivity (Wildman–Crippen MR) is 40.1 cm³/mol. The third-order valence-electron chi connectivity index (χ3n) is 1.36. The smallest absolute Gasteiger partial charge is 0.276 e. The largest absolute Gasteiger partial charge is 0.398 e. The van der Waals surface area contributed by atoms with Crippen molar-refractivity contribution in [1.29, 1.82) is 0 Å². The van der Waals surface area contributed by atoms with Crippen molar-refractivity contribution < 1.29 is 14.4 Å². The molecular weight excluding hydrogens is 163 g/mol. The Kier molecular flexibility index (Phi) is 2.25. The Balaban J connectivity index is 3.13. The van der Waals surface area contributed by atoms with Gasteiger partial charge in [0.05, 0.1) is 5.56 Å². The molecule has 0 aliphatic heterocycles. The second-order valence-electron chi connectivity index (χ2n) is 2.17. The van der Waals surface area contributed by atoms with E-state index in [-0.39, 0.29) is 11.3 Å². The van der Waals surface area contributed by atoms with E-state index in [1.165, 1.54) is 11.5 Å². The van der Waals surface area contributed by atoms with E-state index in [1.54, 1.807) is 0 Å². The van der Waals surface area contributed by atoms with Crippen molar-refractivity contribution in [2.75, 3.05) is 5.73 Å². The molecule has 12 heavy (non-hydrogen) atoms. The van der Waals surface area contributed by atoms with Crippen LogP contribution in [0.2, 0.25) is 0 Å². The number of hydrogen-bond donors (Lipinski definition) is 3. The number of amides is 1. The topological polar surface area (TPSA) is 75.4 Å². The van der Waals surface area contributed by atoms with E-state index in [1.807, 2.05) is 0 Å². The molecule has 0 radical (unpaired) electrons. The number of rotatable bonds is 1. The Bertz CT molecular complexity index is 314. The highest BCUT2D eigenvalue weighted by Gasteiger charge is 2.08. The fourth-order valence-electron chi connectivity index (χ4n) is 0.785. The van der Waals surface area contributed by atoms with Crippen LogP contribution in [0.15, 0.2) is 18.2 Å². The second-order valence-corrected chi connectivity index (χ2v) is 2.17. The van der Waals surface area contributed by atoms with Crippen molar-refractivity contribution in [2.24, 2.45) is 0 Å². The van der Waals surface area contributed by atoms with Gasteiger partial charge in [0.25, 0.3) is 5.91 Å². The van der Waals surface area contributed by atoms with E-state index in [4.69, 9.17) is 10.9 Å². The standard InChI is InChI=1S/C7H7FN2O2/c8-4-1-2-6(9)5(3-4)7(11)10-12/h1-3,12H,9H2,(H,10,11). The van der Waals surface area contributed by atoms with E-state index in [0.717, 1.165) is 12.1 Å². The number of nitrogens with two attached hydrogens (primary N) is 1. The van der Waals surface area contributed by atoms with Crippen LogP contribution in [0.5, 0.6) is 0 Å². The van der Waals surface area contributed by atoms with Crippen LogP contribution in [-0.2, 0) is 0 Å². The number of anilines is 1. The molecule has 0 aromatic heterocycles. The number of hydroxylamine groups is 1. The van der Waals surface area contributed by atoms with Gasteiger partial charge in [0.1, 0.15) is 5.82 Å². The number of nitrogen functional groups attached to an aromatic ring is 1. The molecule has 4 N–H and O–H groups in total. The molecule has 1 rings (SSSR count). The molecule has 1 aromatic carbocycles. The van der Waals surface area contributed by atoms with Crippen molar-refractivity contribution in [1.82, 2.24) is 5.48 Å². The molecule has 0 bridgehead atoms. The highest BCUT2D eigenvalue weighted by Crippen LogP contribution is 2.12. The van der Waals surface area contributed by atoms with Gasteiger partial charge in [-0.05, 0) is 18.2 Å². The summed E-state index contributed by atoms with van der Waals surface area (Å²) in [6.07, 6.45) is 0. The van der Waals surface area contributed by atoms with Crippen LogP contribution in [0.25, 0.3) is 0 Å². The normalized spacial score (nSPS) is 9.50. The number of carbonyl (C=O) groups excluding carboxylic acids is 1. The monoisotopic (exact) mass is 170 g/mol. The number of halogens is 1.